The fourth-order valence-electron chi connectivity index (χ4n) is 4.03. The van der Waals surface area contributed by atoms with Crippen molar-refractivity contribution < 1.29 is 9.59 Å². The first-order chi connectivity index (χ1) is 13.6. The molecule has 0 radical (unpaired) electrons. The van der Waals surface area contributed by atoms with E-state index in [2.05, 4.69) is 17.0 Å². The normalized spacial score (nSPS) is 20.0. The molecule has 1 atom stereocenters. The smallest absolute Gasteiger partial charge is 0.245 e. The number of amides is 2. The predicted octanol–water partition coefficient (Wildman–Crippen LogP) is 3.18. The molecule has 2 aromatic rings. The third kappa shape index (κ3) is 3.85. The molecule has 0 aliphatic carbocycles. The van der Waals surface area contributed by atoms with E-state index in [-0.39, 0.29) is 17.9 Å². The van der Waals surface area contributed by atoms with Gasteiger partial charge in [0.2, 0.25) is 11.8 Å². The van der Waals surface area contributed by atoms with Crippen LogP contribution in [0.15, 0.2) is 54.6 Å². The molecule has 0 spiro atoms. The topological polar surface area (TPSA) is 43.9 Å². The van der Waals surface area contributed by atoms with Gasteiger partial charge < -0.3 is 14.7 Å². The van der Waals surface area contributed by atoms with Gasteiger partial charge in [-0.2, -0.15) is 0 Å². The van der Waals surface area contributed by atoms with Crippen LogP contribution in [0, 0.1) is 0 Å². The van der Waals surface area contributed by atoms with E-state index in [0.717, 1.165) is 18.7 Å². The van der Waals surface area contributed by atoms with Gasteiger partial charge in [0, 0.05) is 49.9 Å². The molecule has 146 valence electrons. The van der Waals surface area contributed by atoms with Crippen molar-refractivity contribution in [2.45, 2.75) is 25.4 Å². The van der Waals surface area contributed by atoms with Gasteiger partial charge in [-0.15, -0.1) is 0 Å². The van der Waals surface area contributed by atoms with Crippen molar-refractivity contribution in [3.05, 3.63) is 65.2 Å². The summed E-state index contributed by atoms with van der Waals surface area (Å²) in [6.45, 7) is 3.36. The Morgan fingerprint density at radius 3 is 2.36 bits per heavy atom. The van der Waals surface area contributed by atoms with Crippen LogP contribution in [0.1, 0.15) is 18.4 Å². The Balaban J connectivity index is 1.41. The van der Waals surface area contributed by atoms with Crippen molar-refractivity contribution in [1.29, 1.82) is 0 Å². The molecule has 0 aromatic heterocycles. The largest absolute Gasteiger partial charge is 0.368 e. The van der Waals surface area contributed by atoms with Crippen molar-refractivity contribution in [2.24, 2.45) is 0 Å². The van der Waals surface area contributed by atoms with E-state index in [1.807, 2.05) is 47.4 Å². The summed E-state index contributed by atoms with van der Waals surface area (Å²) in [5, 5.41) is 0.630. The molecule has 5 nitrogen and oxygen atoms in total. The van der Waals surface area contributed by atoms with Crippen LogP contribution in [0.2, 0.25) is 5.02 Å². The summed E-state index contributed by atoms with van der Waals surface area (Å²) in [7, 11) is 0. The number of carbonyl (C=O) groups excluding carboxylic acids is 2. The first-order valence-corrected chi connectivity index (χ1v) is 10.1. The minimum absolute atomic E-state index is 0.0289. The van der Waals surface area contributed by atoms with Crippen LogP contribution in [-0.4, -0.2) is 53.8 Å². The molecule has 2 fully saturated rings. The van der Waals surface area contributed by atoms with Gasteiger partial charge in [0.25, 0.3) is 0 Å². The molecule has 2 heterocycles. The Hall–Kier alpha value is -2.53. The minimum Gasteiger partial charge on any atom is -0.368 e. The second-order valence-electron chi connectivity index (χ2n) is 7.32. The highest BCUT2D eigenvalue weighted by atomic mass is 35.5. The lowest BCUT2D eigenvalue weighted by Crippen LogP contribution is -2.54. The zero-order chi connectivity index (χ0) is 19.5. The van der Waals surface area contributed by atoms with Crippen LogP contribution in [-0.2, 0) is 16.1 Å². The van der Waals surface area contributed by atoms with Gasteiger partial charge in [0.05, 0.1) is 0 Å². The van der Waals surface area contributed by atoms with Gasteiger partial charge in [-0.25, -0.2) is 0 Å². The maximum absolute atomic E-state index is 13.2. The van der Waals surface area contributed by atoms with Crippen LogP contribution < -0.4 is 4.90 Å². The molecular formula is C22H24ClN3O2. The summed E-state index contributed by atoms with van der Waals surface area (Å²) in [5.74, 6) is 0.0896. The molecule has 2 aliphatic heterocycles. The molecule has 0 N–H and O–H groups in total. The average Bonchev–Trinajstić information content (AvgIpc) is 3.10. The predicted molar refractivity (Wildman–Crippen MR) is 110 cm³/mol. The molecule has 0 bridgehead atoms. The fraction of sp³-hybridized carbons (Fsp3) is 0.364. The Kier molecular flexibility index (Phi) is 5.53. The first-order valence-electron chi connectivity index (χ1n) is 9.75. The van der Waals surface area contributed by atoms with Gasteiger partial charge in [0.1, 0.15) is 6.04 Å². The standard InChI is InChI=1S/C22H24ClN3O2/c23-19-9-5-4-6-17(19)16-26-20(10-11-21(26)27)22(28)25-14-12-24(13-15-25)18-7-2-1-3-8-18/h1-9,20H,10-16H2. The summed E-state index contributed by atoms with van der Waals surface area (Å²) in [6, 6.07) is 17.4. The lowest BCUT2D eigenvalue weighted by molar-refractivity contribution is -0.142. The number of likely N-dealkylation sites (tertiary alicyclic amines) is 1. The lowest BCUT2D eigenvalue weighted by atomic mass is 10.1. The van der Waals surface area contributed by atoms with Crippen molar-refractivity contribution in [3.8, 4) is 0 Å². The second kappa shape index (κ2) is 8.23. The molecule has 1 unspecified atom stereocenters. The van der Waals surface area contributed by atoms with Gasteiger partial charge >= 0.3 is 0 Å². The summed E-state index contributed by atoms with van der Waals surface area (Å²) < 4.78 is 0. The number of benzene rings is 2. The molecule has 2 aromatic carbocycles. The molecular weight excluding hydrogens is 374 g/mol. The quantitative estimate of drug-likeness (QED) is 0.795. The summed E-state index contributed by atoms with van der Waals surface area (Å²) in [6.07, 6.45) is 1.01. The number of nitrogens with zero attached hydrogens (tertiary/aromatic N) is 3. The van der Waals surface area contributed by atoms with Crippen LogP contribution in [0.5, 0.6) is 0 Å². The van der Waals surface area contributed by atoms with Gasteiger partial charge in [0.15, 0.2) is 0 Å². The Morgan fingerprint density at radius 1 is 0.964 bits per heavy atom. The maximum Gasteiger partial charge on any atom is 0.245 e. The number of rotatable bonds is 4. The Morgan fingerprint density at radius 2 is 1.64 bits per heavy atom. The van der Waals surface area contributed by atoms with Crippen molar-refractivity contribution in [2.75, 3.05) is 31.1 Å². The number of hydrogen-bond acceptors (Lipinski definition) is 3. The number of halogens is 1. The summed E-state index contributed by atoms with van der Waals surface area (Å²) in [4.78, 5) is 31.5. The van der Waals surface area contributed by atoms with Gasteiger partial charge in [-0.3, -0.25) is 9.59 Å². The highest BCUT2D eigenvalue weighted by molar-refractivity contribution is 6.31. The number of hydrogen-bond donors (Lipinski definition) is 0. The van der Waals surface area contributed by atoms with Crippen molar-refractivity contribution in [1.82, 2.24) is 9.80 Å². The number of carbonyl (C=O) groups is 2. The highest BCUT2D eigenvalue weighted by Crippen LogP contribution is 2.26. The zero-order valence-electron chi connectivity index (χ0n) is 15.8. The van der Waals surface area contributed by atoms with Crippen LogP contribution in [0.25, 0.3) is 0 Å². The number of piperazine rings is 1. The average molecular weight is 398 g/mol. The van der Waals surface area contributed by atoms with E-state index >= 15 is 0 Å². The highest BCUT2D eigenvalue weighted by Gasteiger charge is 2.39. The Labute approximate surface area is 170 Å². The molecule has 4 rings (SSSR count). The molecule has 0 saturated carbocycles. The molecule has 28 heavy (non-hydrogen) atoms. The first kappa shape index (κ1) is 18.8. The molecule has 2 saturated heterocycles. The maximum atomic E-state index is 13.2. The minimum atomic E-state index is -0.382. The lowest BCUT2D eigenvalue weighted by Gasteiger charge is -2.38. The molecule has 6 heteroatoms. The van der Waals surface area contributed by atoms with E-state index in [1.165, 1.54) is 5.69 Å². The van der Waals surface area contributed by atoms with Gasteiger partial charge in [-0.1, -0.05) is 48.0 Å². The number of anilines is 1. The van der Waals surface area contributed by atoms with Crippen molar-refractivity contribution >= 4 is 29.1 Å². The summed E-state index contributed by atoms with van der Waals surface area (Å²) in [5.41, 5.74) is 2.07. The van der Waals surface area contributed by atoms with Gasteiger partial charge in [-0.05, 0) is 30.2 Å². The molecule has 2 aliphatic rings. The monoisotopic (exact) mass is 397 g/mol. The second-order valence-corrected chi connectivity index (χ2v) is 7.72. The Bertz CT molecular complexity index is 850. The number of para-hydroxylation sites is 1. The molecule has 2 amide bonds. The SMILES string of the molecule is O=C(C1CCC(=O)N1Cc1ccccc1Cl)N1CCN(c2ccccc2)CC1. The zero-order valence-corrected chi connectivity index (χ0v) is 16.5. The third-order valence-corrected chi connectivity index (χ3v) is 5.99. The van der Waals surface area contributed by atoms with Crippen molar-refractivity contribution in [3.63, 3.8) is 0 Å². The van der Waals surface area contributed by atoms with E-state index in [1.54, 1.807) is 4.90 Å². The van der Waals surface area contributed by atoms with Crippen LogP contribution in [0.4, 0.5) is 5.69 Å². The van der Waals surface area contributed by atoms with Crippen LogP contribution >= 0.6 is 11.6 Å². The fourth-order valence-corrected chi connectivity index (χ4v) is 4.23. The van der Waals surface area contributed by atoms with E-state index in [4.69, 9.17) is 11.6 Å². The van der Waals surface area contributed by atoms with E-state index < -0.39 is 0 Å². The van der Waals surface area contributed by atoms with E-state index in [0.29, 0.717) is 37.5 Å². The van der Waals surface area contributed by atoms with Crippen LogP contribution in [0.3, 0.4) is 0 Å². The third-order valence-electron chi connectivity index (χ3n) is 5.62. The van der Waals surface area contributed by atoms with E-state index in [9.17, 15) is 9.59 Å². The summed E-state index contributed by atoms with van der Waals surface area (Å²) >= 11 is 6.26.